The van der Waals surface area contributed by atoms with Crippen molar-refractivity contribution in [2.45, 2.75) is 26.3 Å². The van der Waals surface area contributed by atoms with Gasteiger partial charge in [0, 0.05) is 17.4 Å². The molecular formula is C28H24N4O4S2. The highest BCUT2D eigenvalue weighted by atomic mass is 32.1. The number of fused-ring (bicyclic) bond motifs is 1. The highest BCUT2D eigenvalue weighted by Gasteiger charge is 2.24. The topological polar surface area (TPSA) is 103 Å². The number of hydrogen-bond donors (Lipinski definition) is 1. The Hall–Kier alpha value is -4.15. The van der Waals surface area contributed by atoms with Crippen molar-refractivity contribution < 1.29 is 14.3 Å². The molecule has 5 rings (SSSR count). The van der Waals surface area contributed by atoms with Crippen molar-refractivity contribution in [1.29, 1.82) is 0 Å². The molecule has 1 atom stereocenters. The number of esters is 1. The van der Waals surface area contributed by atoms with Gasteiger partial charge in [0.25, 0.3) is 5.56 Å². The Morgan fingerprint density at radius 1 is 1.08 bits per heavy atom. The van der Waals surface area contributed by atoms with E-state index in [2.05, 4.69) is 15.3 Å². The minimum atomic E-state index is -0.843. The molecule has 1 amide bonds. The van der Waals surface area contributed by atoms with E-state index in [-0.39, 0.29) is 12.2 Å². The molecule has 0 fully saturated rings. The summed E-state index contributed by atoms with van der Waals surface area (Å²) in [5, 5.41) is 5.41. The van der Waals surface area contributed by atoms with Crippen LogP contribution in [-0.2, 0) is 16.0 Å². The molecule has 5 aromatic rings. The fourth-order valence-corrected chi connectivity index (χ4v) is 5.74. The van der Waals surface area contributed by atoms with Crippen LogP contribution in [0.1, 0.15) is 33.8 Å². The van der Waals surface area contributed by atoms with Crippen LogP contribution in [0.4, 0.5) is 5.13 Å². The third-order valence-electron chi connectivity index (χ3n) is 6.13. The van der Waals surface area contributed by atoms with E-state index in [1.165, 1.54) is 22.2 Å². The molecule has 192 valence electrons. The molecule has 3 heterocycles. The molecule has 0 saturated carbocycles. The van der Waals surface area contributed by atoms with E-state index in [9.17, 15) is 14.4 Å². The number of carbonyl (C=O) groups is 2. The Labute approximate surface area is 226 Å². The number of ether oxygens (including phenoxy) is 1. The van der Waals surface area contributed by atoms with E-state index in [1.807, 2.05) is 66.0 Å². The first-order chi connectivity index (χ1) is 18.4. The van der Waals surface area contributed by atoms with Crippen LogP contribution in [0, 0.1) is 6.92 Å². The van der Waals surface area contributed by atoms with E-state index in [0.29, 0.717) is 32.2 Å². The van der Waals surface area contributed by atoms with Crippen molar-refractivity contribution in [2.24, 2.45) is 0 Å². The SMILES string of the molecule is Cc1c(C(=O)OCCc2ccccc2)sc2ncn(C(C)C(=O)Nc3nc(-c4ccccc4)cs3)c(=O)c12. The first-order valence-electron chi connectivity index (χ1n) is 12.0. The number of nitrogens with zero attached hydrogens (tertiary/aromatic N) is 3. The van der Waals surface area contributed by atoms with Gasteiger partial charge in [0.05, 0.1) is 24.0 Å². The molecule has 0 spiro atoms. The molecule has 0 bridgehead atoms. The van der Waals surface area contributed by atoms with Crippen molar-refractivity contribution in [1.82, 2.24) is 14.5 Å². The zero-order valence-corrected chi connectivity index (χ0v) is 22.3. The summed E-state index contributed by atoms with van der Waals surface area (Å²) in [6.45, 7) is 3.55. The fraction of sp³-hybridized carbons (Fsp3) is 0.179. The number of benzene rings is 2. The average Bonchev–Trinajstić information content (AvgIpc) is 3.54. The number of rotatable bonds is 8. The van der Waals surface area contributed by atoms with Crippen LogP contribution in [0.5, 0.6) is 0 Å². The second-order valence-electron chi connectivity index (χ2n) is 8.63. The molecule has 1 unspecified atom stereocenters. The minimum Gasteiger partial charge on any atom is -0.461 e. The van der Waals surface area contributed by atoms with Crippen molar-refractivity contribution in [2.75, 3.05) is 11.9 Å². The maximum Gasteiger partial charge on any atom is 0.348 e. The highest BCUT2D eigenvalue weighted by Crippen LogP contribution is 2.28. The van der Waals surface area contributed by atoms with Gasteiger partial charge >= 0.3 is 5.97 Å². The molecule has 10 heteroatoms. The van der Waals surface area contributed by atoms with E-state index in [1.54, 1.807) is 13.8 Å². The smallest absolute Gasteiger partial charge is 0.348 e. The van der Waals surface area contributed by atoms with Gasteiger partial charge in [-0.05, 0) is 25.0 Å². The Morgan fingerprint density at radius 2 is 1.79 bits per heavy atom. The molecular weight excluding hydrogens is 520 g/mol. The number of aromatic nitrogens is 3. The zero-order chi connectivity index (χ0) is 26.6. The second kappa shape index (κ2) is 11.1. The molecule has 3 aromatic heterocycles. The van der Waals surface area contributed by atoms with Crippen molar-refractivity contribution in [3.8, 4) is 11.3 Å². The molecule has 1 N–H and O–H groups in total. The minimum absolute atomic E-state index is 0.230. The van der Waals surface area contributed by atoms with Gasteiger partial charge in [-0.15, -0.1) is 22.7 Å². The number of anilines is 1. The lowest BCUT2D eigenvalue weighted by Gasteiger charge is -2.13. The summed E-state index contributed by atoms with van der Waals surface area (Å²) >= 11 is 2.43. The molecule has 0 aliphatic carbocycles. The van der Waals surface area contributed by atoms with Crippen molar-refractivity contribution in [3.05, 3.63) is 98.7 Å². The van der Waals surface area contributed by atoms with Crippen LogP contribution in [0.3, 0.4) is 0 Å². The molecule has 8 nitrogen and oxygen atoms in total. The van der Waals surface area contributed by atoms with Gasteiger partial charge in [0.15, 0.2) is 5.13 Å². The summed E-state index contributed by atoms with van der Waals surface area (Å²) in [4.78, 5) is 48.7. The first-order valence-corrected chi connectivity index (χ1v) is 13.6. The van der Waals surface area contributed by atoms with Gasteiger partial charge in [-0.2, -0.15) is 0 Å². The van der Waals surface area contributed by atoms with Crippen LogP contribution in [0.15, 0.2) is 77.2 Å². The average molecular weight is 545 g/mol. The maximum absolute atomic E-state index is 13.4. The van der Waals surface area contributed by atoms with Crippen LogP contribution in [0.25, 0.3) is 21.5 Å². The van der Waals surface area contributed by atoms with Crippen LogP contribution in [0.2, 0.25) is 0 Å². The summed E-state index contributed by atoms with van der Waals surface area (Å²) < 4.78 is 6.73. The quantitative estimate of drug-likeness (QED) is 0.259. The molecule has 0 radical (unpaired) electrons. The van der Waals surface area contributed by atoms with Crippen LogP contribution in [-0.4, -0.2) is 33.0 Å². The predicted octanol–water partition coefficient (Wildman–Crippen LogP) is 5.49. The number of thiophene rings is 1. The van der Waals surface area contributed by atoms with Crippen LogP contribution < -0.4 is 10.9 Å². The van der Waals surface area contributed by atoms with E-state index in [4.69, 9.17) is 4.74 Å². The predicted molar refractivity (Wildman–Crippen MR) is 150 cm³/mol. The van der Waals surface area contributed by atoms with E-state index < -0.39 is 17.9 Å². The number of carbonyl (C=O) groups excluding carboxylic acids is 2. The second-order valence-corrected chi connectivity index (χ2v) is 10.5. The molecule has 0 saturated heterocycles. The molecule has 2 aromatic carbocycles. The lowest BCUT2D eigenvalue weighted by Crippen LogP contribution is -2.31. The third kappa shape index (κ3) is 5.27. The molecule has 0 aliphatic rings. The molecule has 0 aliphatic heterocycles. The van der Waals surface area contributed by atoms with Gasteiger partial charge in [0.2, 0.25) is 5.91 Å². The first kappa shape index (κ1) is 25.5. The van der Waals surface area contributed by atoms with Gasteiger partial charge in [-0.3, -0.25) is 14.2 Å². The normalized spacial score (nSPS) is 11.8. The van der Waals surface area contributed by atoms with Crippen LogP contribution >= 0.6 is 22.7 Å². The van der Waals surface area contributed by atoms with Crippen molar-refractivity contribution >= 4 is 49.9 Å². The van der Waals surface area contributed by atoms with Gasteiger partial charge < -0.3 is 10.1 Å². The summed E-state index contributed by atoms with van der Waals surface area (Å²) in [5.41, 5.74) is 2.89. The summed E-state index contributed by atoms with van der Waals surface area (Å²) in [6.07, 6.45) is 1.94. The Bertz CT molecular complexity index is 1660. The summed E-state index contributed by atoms with van der Waals surface area (Å²) in [5.74, 6) is -0.883. The maximum atomic E-state index is 13.4. The standard InChI is InChI=1S/C28H24N4O4S2/c1-17-22-25(38-23(17)27(35)36-14-13-19-9-5-3-6-10-19)29-16-32(26(22)34)18(2)24(33)31-28-30-21(15-37-28)20-11-7-4-8-12-20/h3-12,15-16,18H,13-14H2,1-2H3,(H,30,31,33). The largest absolute Gasteiger partial charge is 0.461 e. The summed E-state index contributed by atoms with van der Waals surface area (Å²) in [6, 6.07) is 18.6. The number of hydrogen-bond acceptors (Lipinski definition) is 8. The summed E-state index contributed by atoms with van der Waals surface area (Å²) in [7, 11) is 0. The number of nitrogens with one attached hydrogen (secondary N) is 1. The Morgan fingerprint density at radius 3 is 2.53 bits per heavy atom. The van der Waals surface area contributed by atoms with Crippen molar-refractivity contribution in [3.63, 3.8) is 0 Å². The zero-order valence-electron chi connectivity index (χ0n) is 20.7. The number of aryl methyl sites for hydroxylation is 1. The number of amides is 1. The van der Waals surface area contributed by atoms with Gasteiger partial charge in [0.1, 0.15) is 15.7 Å². The van der Waals surface area contributed by atoms with Gasteiger partial charge in [-0.25, -0.2) is 14.8 Å². The fourth-order valence-electron chi connectivity index (χ4n) is 3.99. The van der Waals surface area contributed by atoms with Gasteiger partial charge in [-0.1, -0.05) is 60.7 Å². The lowest BCUT2D eigenvalue weighted by atomic mass is 10.2. The lowest BCUT2D eigenvalue weighted by molar-refractivity contribution is -0.118. The monoisotopic (exact) mass is 544 g/mol. The Balaban J connectivity index is 1.30. The Kier molecular flexibility index (Phi) is 7.43. The third-order valence-corrected chi connectivity index (χ3v) is 8.07. The van der Waals surface area contributed by atoms with E-state index >= 15 is 0 Å². The van der Waals surface area contributed by atoms with E-state index in [0.717, 1.165) is 28.2 Å². The number of thiazole rings is 1. The highest BCUT2D eigenvalue weighted by molar-refractivity contribution is 7.20. The molecule has 38 heavy (non-hydrogen) atoms.